The molecule has 1 fully saturated rings. The van der Waals surface area contributed by atoms with Gasteiger partial charge in [-0.15, -0.1) is 11.3 Å². The maximum Gasteiger partial charge on any atom is 0.0619 e. The fourth-order valence-corrected chi connectivity index (χ4v) is 11.6. The Morgan fingerprint density at radius 1 is 0.443 bits per heavy atom. The molecule has 0 atom stereocenters. The summed E-state index contributed by atoms with van der Waals surface area (Å²) in [4.78, 5) is 2.53. The van der Waals surface area contributed by atoms with Crippen molar-refractivity contribution in [2.75, 3.05) is 4.90 Å². The van der Waals surface area contributed by atoms with Gasteiger partial charge in [-0.2, -0.15) is 0 Å². The predicted octanol–water partition coefficient (Wildman–Crippen LogP) is 17.2. The first-order chi connectivity index (χ1) is 30.3. The third-order valence-corrected chi connectivity index (χ3v) is 14.3. The van der Waals surface area contributed by atoms with E-state index in [9.17, 15) is 0 Å². The van der Waals surface area contributed by atoms with Gasteiger partial charge in [-0.1, -0.05) is 165 Å². The fourth-order valence-electron chi connectivity index (χ4n) is 10.5. The van der Waals surface area contributed by atoms with Gasteiger partial charge in [0.1, 0.15) is 0 Å². The molecule has 12 rings (SSSR count). The summed E-state index contributed by atoms with van der Waals surface area (Å²) in [5.74, 6) is 0.588. The normalized spacial score (nSPS) is 13.5. The number of hydrogen-bond acceptors (Lipinski definition) is 2. The summed E-state index contributed by atoms with van der Waals surface area (Å²) in [5.41, 5.74) is 13.6. The van der Waals surface area contributed by atoms with E-state index in [0.717, 1.165) is 11.4 Å². The second kappa shape index (κ2) is 15.0. The molecule has 1 saturated carbocycles. The quantitative estimate of drug-likeness (QED) is 0.156. The van der Waals surface area contributed by atoms with E-state index >= 15 is 0 Å². The lowest BCUT2D eigenvalue weighted by Gasteiger charge is -2.30. The Morgan fingerprint density at radius 3 is 1.95 bits per heavy atom. The van der Waals surface area contributed by atoms with Crippen LogP contribution in [0.15, 0.2) is 200 Å². The Labute approximate surface area is 360 Å². The molecule has 2 aromatic heterocycles. The molecule has 1 aliphatic carbocycles. The lowest BCUT2D eigenvalue weighted by molar-refractivity contribution is 0.445. The van der Waals surface area contributed by atoms with Crippen LogP contribution in [-0.2, 0) is 0 Å². The number of nitrogens with zero attached hydrogens (tertiary/aromatic N) is 2. The minimum absolute atomic E-state index is 0.588. The van der Waals surface area contributed by atoms with Crippen LogP contribution in [-0.4, -0.2) is 4.57 Å². The van der Waals surface area contributed by atoms with Gasteiger partial charge in [0.25, 0.3) is 0 Å². The van der Waals surface area contributed by atoms with Crippen molar-refractivity contribution < 1.29 is 0 Å². The topological polar surface area (TPSA) is 8.17 Å². The van der Waals surface area contributed by atoms with Crippen LogP contribution < -0.4 is 4.90 Å². The number of thiophene rings is 1. The summed E-state index contributed by atoms with van der Waals surface area (Å²) >= 11 is 1.88. The molecule has 2 heterocycles. The van der Waals surface area contributed by atoms with Crippen molar-refractivity contribution in [1.82, 2.24) is 4.57 Å². The van der Waals surface area contributed by atoms with E-state index in [1.54, 1.807) is 0 Å². The van der Waals surface area contributed by atoms with Crippen LogP contribution in [0.3, 0.4) is 0 Å². The summed E-state index contributed by atoms with van der Waals surface area (Å²) in [6.07, 6.45) is 6.50. The van der Waals surface area contributed by atoms with Gasteiger partial charge in [0, 0.05) is 53.4 Å². The minimum atomic E-state index is 0.588. The second-order valence-electron chi connectivity index (χ2n) is 16.6. The van der Waals surface area contributed by atoms with Gasteiger partial charge in [-0.25, -0.2) is 0 Å². The van der Waals surface area contributed by atoms with Gasteiger partial charge in [0.15, 0.2) is 0 Å². The number of benzene rings is 9. The van der Waals surface area contributed by atoms with Crippen molar-refractivity contribution in [1.29, 1.82) is 0 Å². The van der Waals surface area contributed by atoms with Crippen molar-refractivity contribution in [3.63, 3.8) is 0 Å². The predicted molar refractivity (Wildman–Crippen MR) is 263 cm³/mol. The molecular weight excluding hydrogens is 757 g/mol. The molecule has 61 heavy (non-hydrogen) atoms. The van der Waals surface area contributed by atoms with E-state index < -0.39 is 0 Å². The SMILES string of the molecule is c1ccc(-n2c3ccccc3c3cccc(-c4ccc(N(c5ccccc5-c5cccc6cccc(C7CCCCC7)c56)c5cccc6sc7ccccc7c56)cc4)c32)cc1. The maximum atomic E-state index is 2.53. The molecule has 2 nitrogen and oxygen atoms in total. The number of anilines is 3. The molecule has 0 radical (unpaired) electrons. The van der Waals surface area contributed by atoms with E-state index in [4.69, 9.17) is 0 Å². The molecule has 0 saturated heterocycles. The average Bonchev–Trinajstić information content (AvgIpc) is 3.89. The Morgan fingerprint density at radius 2 is 1.08 bits per heavy atom. The molecule has 0 amide bonds. The van der Waals surface area contributed by atoms with Gasteiger partial charge in [-0.05, 0) is 101 Å². The molecule has 0 unspecified atom stereocenters. The number of fused-ring (bicyclic) bond motifs is 7. The van der Waals surface area contributed by atoms with E-state index in [0.29, 0.717) is 5.92 Å². The Hall–Kier alpha value is -6.94. The molecule has 11 aromatic rings. The highest BCUT2D eigenvalue weighted by atomic mass is 32.1. The van der Waals surface area contributed by atoms with Crippen molar-refractivity contribution in [3.8, 4) is 27.9 Å². The number of para-hydroxylation sites is 4. The summed E-state index contributed by atoms with van der Waals surface area (Å²) in [7, 11) is 0. The lowest BCUT2D eigenvalue weighted by Crippen LogP contribution is -2.12. The molecule has 0 spiro atoms. The third-order valence-electron chi connectivity index (χ3n) is 13.2. The van der Waals surface area contributed by atoms with Gasteiger partial charge >= 0.3 is 0 Å². The summed E-state index contributed by atoms with van der Waals surface area (Å²) in [6.45, 7) is 0. The van der Waals surface area contributed by atoms with Crippen molar-refractivity contribution in [2.24, 2.45) is 0 Å². The van der Waals surface area contributed by atoms with Crippen LogP contribution in [0.4, 0.5) is 17.1 Å². The van der Waals surface area contributed by atoms with E-state index in [2.05, 4.69) is 210 Å². The molecular formula is C58H44N2S. The van der Waals surface area contributed by atoms with Gasteiger partial charge < -0.3 is 9.47 Å². The monoisotopic (exact) mass is 800 g/mol. The van der Waals surface area contributed by atoms with Crippen LogP contribution in [0.2, 0.25) is 0 Å². The molecule has 9 aromatic carbocycles. The average molecular weight is 801 g/mol. The smallest absolute Gasteiger partial charge is 0.0619 e. The summed E-state index contributed by atoms with van der Waals surface area (Å²) in [6, 6.07) is 74.4. The maximum absolute atomic E-state index is 2.53. The zero-order valence-corrected chi connectivity index (χ0v) is 34.8. The number of rotatable bonds is 7. The van der Waals surface area contributed by atoms with Crippen LogP contribution in [0, 0.1) is 0 Å². The Kier molecular flexibility index (Phi) is 8.82. The van der Waals surface area contributed by atoms with E-state index in [1.807, 2.05) is 11.3 Å². The second-order valence-corrected chi connectivity index (χ2v) is 17.7. The zero-order chi connectivity index (χ0) is 40.3. The molecule has 3 heteroatoms. The van der Waals surface area contributed by atoms with Gasteiger partial charge in [0.05, 0.1) is 22.4 Å². The minimum Gasteiger partial charge on any atom is -0.309 e. The first kappa shape index (κ1) is 36.0. The number of aromatic nitrogens is 1. The highest BCUT2D eigenvalue weighted by Crippen LogP contribution is 2.49. The molecule has 0 aliphatic heterocycles. The molecule has 1 aliphatic rings. The third kappa shape index (κ3) is 5.98. The van der Waals surface area contributed by atoms with Gasteiger partial charge in [0.2, 0.25) is 0 Å². The standard InChI is InChI=1S/C58H44N2S/c1-3-17-39(18-4-1)44-26-13-19-41-20-14-28-48(56(41)44)46-23-7-10-30-51(46)59(53-32-16-34-55-57(53)50-25-9-12-33-54(50)61-55)43-37-35-40(36-38-43)45-27-15-29-49-47-24-8-11-31-52(47)60(58(45)49)42-21-5-2-6-22-42/h2,5-16,19-39H,1,3-4,17-18H2. The summed E-state index contributed by atoms with van der Waals surface area (Å²) < 4.78 is 5.04. The van der Waals surface area contributed by atoms with E-state index in [-0.39, 0.29) is 0 Å². The molecule has 292 valence electrons. The highest BCUT2D eigenvalue weighted by Gasteiger charge is 2.25. The van der Waals surface area contributed by atoms with E-state index in [1.165, 1.54) is 124 Å². The number of hydrogen-bond donors (Lipinski definition) is 0. The zero-order valence-electron chi connectivity index (χ0n) is 34.0. The van der Waals surface area contributed by atoms with Crippen molar-refractivity contribution in [3.05, 3.63) is 206 Å². The molecule has 0 N–H and O–H groups in total. The van der Waals surface area contributed by atoms with Crippen LogP contribution in [0.5, 0.6) is 0 Å². The van der Waals surface area contributed by atoms with Crippen molar-refractivity contribution >= 4 is 81.1 Å². The van der Waals surface area contributed by atoms with Crippen LogP contribution in [0.1, 0.15) is 43.6 Å². The molecule has 0 bridgehead atoms. The Bertz CT molecular complexity index is 3400. The Balaban J connectivity index is 1.08. The largest absolute Gasteiger partial charge is 0.309 e. The van der Waals surface area contributed by atoms with Gasteiger partial charge in [-0.3, -0.25) is 0 Å². The first-order valence-corrected chi connectivity index (χ1v) is 22.6. The van der Waals surface area contributed by atoms with Crippen molar-refractivity contribution in [2.45, 2.75) is 38.0 Å². The van der Waals surface area contributed by atoms with Crippen LogP contribution in [0.25, 0.3) is 80.7 Å². The lowest BCUT2D eigenvalue weighted by atomic mass is 9.80. The first-order valence-electron chi connectivity index (χ1n) is 21.8. The summed E-state index contributed by atoms with van der Waals surface area (Å²) in [5, 5.41) is 7.83. The van der Waals surface area contributed by atoms with Crippen LogP contribution >= 0.6 is 11.3 Å². The highest BCUT2D eigenvalue weighted by molar-refractivity contribution is 7.26. The fraction of sp³-hybridized carbons (Fsp3) is 0.103.